The molecule has 1 saturated heterocycles. The molecule has 124 valence electrons. The fourth-order valence-electron chi connectivity index (χ4n) is 3.35. The van der Waals surface area contributed by atoms with Crippen molar-refractivity contribution in [3.63, 3.8) is 0 Å². The highest BCUT2D eigenvalue weighted by Crippen LogP contribution is 2.23. The minimum absolute atomic E-state index is 0.0997. The Morgan fingerprint density at radius 1 is 1.38 bits per heavy atom. The van der Waals surface area contributed by atoms with E-state index in [0.29, 0.717) is 12.2 Å². The number of nitrogens with zero attached hydrogens (tertiary/aromatic N) is 4. The maximum Gasteiger partial charge on any atom is 0.228 e. The first-order valence-electron chi connectivity index (χ1n) is 8.32. The predicted molar refractivity (Wildman–Crippen MR) is 89.5 cm³/mol. The molecule has 1 aromatic carbocycles. The molecular formula is C18H20N4O2. The number of likely N-dealkylation sites (tertiary alicyclic amines) is 1. The molecule has 0 unspecified atom stereocenters. The van der Waals surface area contributed by atoms with E-state index in [9.17, 15) is 4.79 Å². The van der Waals surface area contributed by atoms with Gasteiger partial charge in [-0.1, -0.05) is 17.3 Å². The number of fused-ring (bicyclic) bond motifs is 1. The molecule has 1 fully saturated rings. The molecule has 0 aliphatic carbocycles. The maximum atomic E-state index is 12.7. The Hall–Kier alpha value is -2.63. The van der Waals surface area contributed by atoms with Gasteiger partial charge in [-0.3, -0.25) is 9.48 Å². The van der Waals surface area contributed by atoms with Crippen molar-refractivity contribution < 1.29 is 9.32 Å². The van der Waals surface area contributed by atoms with Gasteiger partial charge in [0.05, 0.1) is 18.7 Å². The molecule has 1 amide bonds. The van der Waals surface area contributed by atoms with Crippen LogP contribution in [-0.4, -0.2) is 38.8 Å². The third-order valence-electron chi connectivity index (χ3n) is 4.62. The molecule has 1 aliphatic rings. The Balaban J connectivity index is 1.48. The van der Waals surface area contributed by atoms with Gasteiger partial charge in [-0.05, 0) is 37.5 Å². The topological polar surface area (TPSA) is 64.2 Å². The molecule has 3 aromatic rings. The van der Waals surface area contributed by atoms with E-state index in [2.05, 4.69) is 10.3 Å². The van der Waals surface area contributed by atoms with E-state index in [1.165, 1.54) is 0 Å². The molecule has 6 nitrogen and oxygen atoms in total. The van der Waals surface area contributed by atoms with Crippen LogP contribution in [0, 0.1) is 6.92 Å². The Labute approximate surface area is 140 Å². The third-order valence-corrected chi connectivity index (χ3v) is 4.62. The fourth-order valence-corrected chi connectivity index (χ4v) is 3.35. The van der Waals surface area contributed by atoms with Gasteiger partial charge in [0.1, 0.15) is 5.69 Å². The lowest BCUT2D eigenvalue weighted by Crippen LogP contribution is -2.41. The van der Waals surface area contributed by atoms with Crippen LogP contribution < -0.4 is 0 Å². The second-order valence-electron chi connectivity index (χ2n) is 6.44. The van der Waals surface area contributed by atoms with Crippen LogP contribution in [0.3, 0.4) is 0 Å². The van der Waals surface area contributed by atoms with Crippen LogP contribution in [-0.2, 0) is 11.2 Å². The van der Waals surface area contributed by atoms with Gasteiger partial charge in [0.15, 0.2) is 5.58 Å². The summed E-state index contributed by atoms with van der Waals surface area (Å²) in [5.74, 6) is 0.0997. The van der Waals surface area contributed by atoms with Gasteiger partial charge >= 0.3 is 0 Å². The number of para-hydroxylation sites is 1. The lowest BCUT2D eigenvalue weighted by Gasteiger charge is -2.32. The summed E-state index contributed by atoms with van der Waals surface area (Å²) < 4.78 is 7.28. The number of benzene rings is 1. The highest BCUT2D eigenvalue weighted by atomic mass is 16.5. The predicted octanol–water partition coefficient (Wildman–Crippen LogP) is 2.74. The van der Waals surface area contributed by atoms with E-state index < -0.39 is 0 Å². The van der Waals surface area contributed by atoms with Crippen LogP contribution in [0.2, 0.25) is 0 Å². The van der Waals surface area contributed by atoms with E-state index in [0.717, 1.165) is 35.9 Å². The smallest absolute Gasteiger partial charge is 0.228 e. The maximum absolute atomic E-state index is 12.7. The number of carbonyl (C=O) groups is 1. The van der Waals surface area contributed by atoms with E-state index >= 15 is 0 Å². The van der Waals surface area contributed by atoms with Gasteiger partial charge < -0.3 is 9.42 Å². The van der Waals surface area contributed by atoms with Crippen molar-refractivity contribution >= 4 is 16.9 Å². The van der Waals surface area contributed by atoms with Crippen molar-refractivity contribution in [1.29, 1.82) is 0 Å². The zero-order valence-electron chi connectivity index (χ0n) is 13.7. The summed E-state index contributed by atoms with van der Waals surface area (Å²) in [5, 5.41) is 9.39. The number of rotatable bonds is 3. The number of carbonyl (C=O) groups excluding carboxylic acids is 1. The van der Waals surface area contributed by atoms with Crippen molar-refractivity contribution in [2.75, 3.05) is 13.1 Å². The van der Waals surface area contributed by atoms with Crippen LogP contribution in [0.5, 0.6) is 0 Å². The average Bonchev–Trinajstić information content (AvgIpc) is 3.22. The molecule has 24 heavy (non-hydrogen) atoms. The summed E-state index contributed by atoms with van der Waals surface area (Å²) in [6.07, 6.45) is 6.24. The fraction of sp³-hybridized carbons (Fsp3) is 0.389. The minimum Gasteiger partial charge on any atom is -0.356 e. The summed E-state index contributed by atoms with van der Waals surface area (Å²) in [4.78, 5) is 14.6. The second-order valence-corrected chi connectivity index (χ2v) is 6.44. The molecule has 4 rings (SSSR count). The van der Waals surface area contributed by atoms with E-state index in [1.54, 1.807) is 0 Å². The first-order valence-corrected chi connectivity index (χ1v) is 8.32. The Kier molecular flexibility index (Phi) is 3.80. The number of hydrogen-bond acceptors (Lipinski definition) is 4. The van der Waals surface area contributed by atoms with Gasteiger partial charge in [-0.25, -0.2) is 0 Å². The zero-order valence-corrected chi connectivity index (χ0v) is 13.7. The molecule has 0 spiro atoms. The van der Waals surface area contributed by atoms with Crippen LogP contribution in [0.25, 0.3) is 11.0 Å². The molecule has 0 radical (unpaired) electrons. The molecule has 0 saturated carbocycles. The van der Waals surface area contributed by atoms with Crippen LogP contribution in [0.1, 0.15) is 30.1 Å². The highest BCUT2D eigenvalue weighted by molar-refractivity contribution is 5.86. The average molecular weight is 324 g/mol. The molecule has 0 N–H and O–H groups in total. The Morgan fingerprint density at radius 2 is 2.25 bits per heavy atom. The largest absolute Gasteiger partial charge is 0.356 e. The van der Waals surface area contributed by atoms with E-state index in [4.69, 9.17) is 4.52 Å². The number of aromatic nitrogens is 3. The molecule has 0 bridgehead atoms. The molecule has 3 heterocycles. The molecule has 1 atom stereocenters. The quantitative estimate of drug-likeness (QED) is 0.743. The molecular weight excluding hydrogens is 304 g/mol. The van der Waals surface area contributed by atoms with E-state index in [-0.39, 0.29) is 18.4 Å². The van der Waals surface area contributed by atoms with E-state index in [1.807, 2.05) is 53.2 Å². The number of hydrogen-bond donors (Lipinski definition) is 0. The van der Waals surface area contributed by atoms with Gasteiger partial charge in [0.2, 0.25) is 5.91 Å². The lowest BCUT2D eigenvalue weighted by molar-refractivity contribution is -0.132. The third kappa shape index (κ3) is 2.79. The van der Waals surface area contributed by atoms with Gasteiger partial charge in [-0.2, -0.15) is 5.10 Å². The van der Waals surface area contributed by atoms with Gasteiger partial charge in [-0.15, -0.1) is 0 Å². The summed E-state index contributed by atoms with van der Waals surface area (Å²) in [6, 6.07) is 7.91. The van der Waals surface area contributed by atoms with Crippen molar-refractivity contribution in [2.45, 2.75) is 32.2 Å². The van der Waals surface area contributed by atoms with Gasteiger partial charge in [0, 0.05) is 24.7 Å². The molecule has 6 heteroatoms. The van der Waals surface area contributed by atoms with Crippen molar-refractivity contribution in [3.8, 4) is 0 Å². The number of aryl methyl sites for hydroxylation is 1. The highest BCUT2D eigenvalue weighted by Gasteiger charge is 2.26. The van der Waals surface area contributed by atoms with Crippen LogP contribution in [0.4, 0.5) is 0 Å². The lowest BCUT2D eigenvalue weighted by atomic mass is 10.0. The standard InChI is InChI=1S/C18H20N4O2/c1-13-10-19-22(11-13)14-5-4-8-21(12-14)18(23)9-16-15-6-2-3-7-17(15)24-20-16/h2-3,6-7,10-11,14H,4-5,8-9,12H2,1H3/t14-/m1/s1. The number of amides is 1. The van der Waals surface area contributed by atoms with Gasteiger partial charge in [0.25, 0.3) is 0 Å². The normalized spacial score (nSPS) is 18.2. The monoisotopic (exact) mass is 324 g/mol. The van der Waals surface area contributed by atoms with Crippen LogP contribution >= 0.6 is 0 Å². The zero-order chi connectivity index (χ0) is 16.5. The Bertz CT molecular complexity index is 867. The number of piperidine rings is 1. The summed E-state index contributed by atoms with van der Waals surface area (Å²) >= 11 is 0. The summed E-state index contributed by atoms with van der Waals surface area (Å²) in [6.45, 7) is 3.53. The summed E-state index contributed by atoms with van der Waals surface area (Å²) in [5.41, 5.74) is 2.59. The SMILES string of the molecule is Cc1cnn([C@@H]2CCCN(C(=O)Cc3noc4ccccc34)C2)c1. The molecule has 2 aromatic heterocycles. The Morgan fingerprint density at radius 3 is 3.08 bits per heavy atom. The first-order chi connectivity index (χ1) is 11.7. The van der Waals surface area contributed by atoms with Crippen molar-refractivity contribution in [2.24, 2.45) is 0 Å². The van der Waals surface area contributed by atoms with Crippen LogP contribution in [0.15, 0.2) is 41.2 Å². The summed E-state index contributed by atoms with van der Waals surface area (Å²) in [7, 11) is 0. The minimum atomic E-state index is 0.0997. The second kappa shape index (κ2) is 6.11. The van der Waals surface area contributed by atoms with Crippen molar-refractivity contribution in [3.05, 3.63) is 47.9 Å². The van der Waals surface area contributed by atoms with Crippen molar-refractivity contribution in [1.82, 2.24) is 19.8 Å². The molecule has 1 aliphatic heterocycles. The first kappa shape index (κ1) is 14.9.